The summed E-state index contributed by atoms with van der Waals surface area (Å²) in [6.45, 7) is -0.434. The molecule has 0 aromatic carbocycles. The number of rotatable bonds is 2. The Morgan fingerprint density at radius 2 is 1.94 bits per heavy atom. The van der Waals surface area contributed by atoms with E-state index in [9.17, 15) is 15.3 Å². The van der Waals surface area contributed by atoms with E-state index in [4.69, 9.17) is 9.84 Å². The number of aliphatic hydroxyl groups excluding tert-OH is 4. The van der Waals surface area contributed by atoms with Crippen molar-refractivity contribution in [1.29, 1.82) is 0 Å². The van der Waals surface area contributed by atoms with Crippen LogP contribution in [0.25, 0.3) is 0 Å². The third kappa shape index (κ3) is 1.83. The summed E-state index contributed by atoms with van der Waals surface area (Å²) in [5, 5.41) is 37.8. The zero-order valence-corrected chi connectivity index (χ0v) is 8.42. The molecule has 0 aliphatic carbocycles. The molecule has 7 heteroatoms. The minimum atomic E-state index is -1.36. The second kappa shape index (κ2) is 4.48. The smallest absolute Gasteiger partial charge is 0.164 e. The molecule has 0 saturated carbocycles. The molecule has 1 aromatic rings. The molecule has 90 valence electrons. The highest BCUT2D eigenvalue weighted by Gasteiger charge is 2.43. The van der Waals surface area contributed by atoms with Gasteiger partial charge < -0.3 is 29.7 Å². The number of ether oxygens (including phenoxy) is 1. The van der Waals surface area contributed by atoms with Crippen LogP contribution in [-0.4, -0.2) is 61.0 Å². The summed E-state index contributed by atoms with van der Waals surface area (Å²) < 4.78 is 6.75. The maximum atomic E-state index is 9.73. The lowest BCUT2D eigenvalue weighted by Gasteiger charge is -2.40. The third-order valence-corrected chi connectivity index (χ3v) is 2.69. The second-order valence-corrected chi connectivity index (χ2v) is 3.73. The van der Waals surface area contributed by atoms with E-state index in [2.05, 4.69) is 4.98 Å². The van der Waals surface area contributed by atoms with Gasteiger partial charge in [-0.05, 0) is 0 Å². The molecule has 4 N–H and O–H groups in total. The van der Waals surface area contributed by atoms with Crippen LogP contribution in [-0.2, 0) is 4.74 Å². The van der Waals surface area contributed by atoms with Gasteiger partial charge in [0.25, 0.3) is 0 Å². The van der Waals surface area contributed by atoms with Crippen molar-refractivity contribution in [2.45, 2.75) is 30.6 Å². The molecule has 5 unspecified atom stereocenters. The van der Waals surface area contributed by atoms with Gasteiger partial charge in [-0.1, -0.05) is 0 Å². The van der Waals surface area contributed by atoms with E-state index >= 15 is 0 Å². The molecule has 1 aliphatic rings. The summed E-state index contributed by atoms with van der Waals surface area (Å²) in [4.78, 5) is 3.79. The zero-order valence-electron chi connectivity index (χ0n) is 8.42. The summed E-state index contributed by atoms with van der Waals surface area (Å²) in [5.41, 5.74) is 0. The van der Waals surface area contributed by atoms with Crippen LogP contribution in [0.3, 0.4) is 0 Å². The molecule has 2 rings (SSSR count). The summed E-state index contributed by atoms with van der Waals surface area (Å²) in [6.07, 6.45) is -1.24. The van der Waals surface area contributed by atoms with Gasteiger partial charge in [-0.3, -0.25) is 0 Å². The normalized spacial score (nSPS) is 39.9. The van der Waals surface area contributed by atoms with Crippen molar-refractivity contribution in [3.8, 4) is 0 Å². The molecule has 0 radical (unpaired) electrons. The first-order chi connectivity index (χ1) is 7.65. The van der Waals surface area contributed by atoms with Crippen molar-refractivity contribution in [3.05, 3.63) is 18.7 Å². The first kappa shape index (κ1) is 11.5. The maximum Gasteiger partial charge on any atom is 0.164 e. The Morgan fingerprint density at radius 1 is 1.19 bits per heavy atom. The monoisotopic (exact) mass is 230 g/mol. The Balaban J connectivity index is 2.20. The molecule has 7 nitrogen and oxygen atoms in total. The molecule has 0 bridgehead atoms. The predicted molar refractivity (Wildman–Crippen MR) is 51.2 cm³/mol. The Bertz CT molecular complexity index is 329. The Kier molecular flexibility index (Phi) is 3.22. The number of imidazole rings is 1. The van der Waals surface area contributed by atoms with Gasteiger partial charge in [-0.2, -0.15) is 0 Å². The van der Waals surface area contributed by atoms with Crippen molar-refractivity contribution in [3.63, 3.8) is 0 Å². The zero-order chi connectivity index (χ0) is 11.7. The SMILES string of the molecule is OCC1OC(n2ccnc2)C(O)C(O)C1O. The van der Waals surface area contributed by atoms with Crippen LogP contribution in [0.1, 0.15) is 6.23 Å². The molecule has 1 saturated heterocycles. The van der Waals surface area contributed by atoms with E-state index in [1.807, 2.05) is 0 Å². The fourth-order valence-electron chi connectivity index (χ4n) is 1.75. The summed E-state index contributed by atoms with van der Waals surface area (Å²) in [6, 6.07) is 0. The number of hydrogen-bond acceptors (Lipinski definition) is 6. The van der Waals surface area contributed by atoms with Gasteiger partial charge in [0.15, 0.2) is 6.23 Å². The lowest BCUT2D eigenvalue weighted by atomic mass is 9.98. The lowest BCUT2D eigenvalue weighted by molar-refractivity contribution is -0.251. The largest absolute Gasteiger partial charge is 0.394 e. The van der Waals surface area contributed by atoms with Gasteiger partial charge in [0.05, 0.1) is 12.9 Å². The summed E-state index contributed by atoms with van der Waals surface area (Å²) >= 11 is 0. The fourth-order valence-corrected chi connectivity index (χ4v) is 1.75. The maximum absolute atomic E-state index is 9.73. The van der Waals surface area contributed by atoms with E-state index in [-0.39, 0.29) is 0 Å². The van der Waals surface area contributed by atoms with Crippen molar-refractivity contribution < 1.29 is 25.2 Å². The topological polar surface area (TPSA) is 108 Å². The molecule has 5 atom stereocenters. The molecule has 1 aromatic heterocycles. The molecule has 16 heavy (non-hydrogen) atoms. The van der Waals surface area contributed by atoms with Gasteiger partial charge in [-0.25, -0.2) is 4.98 Å². The van der Waals surface area contributed by atoms with Gasteiger partial charge in [0.1, 0.15) is 24.4 Å². The highest BCUT2D eigenvalue weighted by Crippen LogP contribution is 2.27. The average Bonchev–Trinajstić information content (AvgIpc) is 2.80. The first-order valence-electron chi connectivity index (χ1n) is 4.93. The van der Waals surface area contributed by atoms with E-state index in [1.165, 1.54) is 17.1 Å². The van der Waals surface area contributed by atoms with Crippen molar-refractivity contribution in [1.82, 2.24) is 9.55 Å². The summed E-state index contributed by atoms with van der Waals surface area (Å²) in [7, 11) is 0. The van der Waals surface area contributed by atoms with E-state index in [0.717, 1.165) is 0 Å². The van der Waals surface area contributed by atoms with Gasteiger partial charge in [0.2, 0.25) is 0 Å². The number of aromatic nitrogens is 2. The minimum absolute atomic E-state index is 0.434. The molecule has 1 fully saturated rings. The Labute approximate surface area is 91.5 Å². The van der Waals surface area contributed by atoms with E-state index in [0.29, 0.717) is 0 Å². The van der Waals surface area contributed by atoms with E-state index in [1.54, 1.807) is 6.20 Å². The highest BCUT2D eigenvalue weighted by molar-refractivity contribution is 4.92. The standard InChI is InChI=1S/C9H14N2O5/c12-3-5-6(13)7(14)8(15)9(16-5)11-2-1-10-4-11/h1-2,4-9,12-15H,3H2. The predicted octanol–water partition coefficient (Wildman–Crippen LogP) is -2.14. The van der Waals surface area contributed by atoms with Crippen LogP contribution in [0.15, 0.2) is 18.7 Å². The first-order valence-corrected chi connectivity index (χ1v) is 4.93. The summed E-state index contributed by atoms with van der Waals surface area (Å²) in [5.74, 6) is 0. The molecule has 1 aliphatic heterocycles. The Morgan fingerprint density at radius 3 is 2.50 bits per heavy atom. The number of nitrogens with zero attached hydrogens (tertiary/aromatic N) is 2. The molecular weight excluding hydrogens is 216 g/mol. The van der Waals surface area contributed by atoms with Crippen molar-refractivity contribution in [2.24, 2.45) is 0 Å². The lowest BCUT2D eigenvalue weighted by Crippen LogP contribution is -2.56. The number of hydrogen-bond donors (Lipinski definition) is 4. The quantitative estimate of drug-likeness (QED) is 0.461. The van der Waals surface area contributed by atoms with E-state index < -0.39 is 37.3 Å². The second-order valence-electron chi connectivity index (χ2n) is 3.73. The Hall–Kier alpha value is -0.990. The highest BCUT2D eigenvalue weighted by atomic mass is 16.6. The van der Waals surface area contributed by atoms with Crippen molar-refractivity contribution in [2.75, 3.05) is 6.61 Å². The van der Waals surface area contributed by atoms with Crippen molar-refractivity contribution >= 4 is 0 Å². The molecule has 0 amide bonds. The minimum Gasteiger partial charge on any atom is -0.394 e. The van der Waals surface area contributed by atoms with Crippen LogP contribution in [0.5, 0.6) is 0 Å². The van der Waals surface area contributed by atoms with Crippen LogP contribution >= 0.6 is 0 Å². The van der Waals surface area contributed by atoms with Crippen LogP contribution in [0.2, 0.25) is 0 Å². The van der Waals surface area contributed by atoms with Crippen LogP contribution in [0, 0.1) is 0 Å². The fraction of sp³-hybridized carbons (Fsp3) is 0.667. The number of aliphatic hydroxyl groups is 4. The molecular formula is C9H14N2O5. The van der Waals surface area contributed by atoms with Gasteiger partial charge >= 0.3 is 0 Å². The van der Waals surface area contributed by atoms with Gasteiger partial charge in [0, 0.05) is 12.4 Å². The third-order valence-electron chi connectivity index (χ3n) is 2.69. The van der Waals surface area contributed by atoms with Crippen LogP contribution < -0.4 is 0 Å². The van der Waals surface area contributed by atoms with Gasteiger partial charge in [-0.15, -0.1) is 0 Å². The average molecular weight is 230 g/mol. The van der Waals surface area contributed by atoms with Crippen LogP contribution in [0.4, 0.5) is 0 Å². The molecule has 2 heterocycles. The molecule has 0 spiro atoms.